The largest absolute Gasteiger partial charge is 0.292 e. The molecule has 0 aliphatic heterocycles. The smallest absolute Gasteiger partial charge is 0.191 e. The number of benzene rings is 1. The Morgan fingerprint density at radius 3 is 2.53 bits per heavy atom. The lowest BCUT2D eigenvalue weighted by Gasteiger charge is -2.02. The molecule has 0 aliphatic rings. The molecule has 0 aromatic heterocycles. The van der Waals surface area contributed by atoms with Gasteiger partial charge in [-0.3, -0.25) is 10.2 Å². The summed E-state index contributed by atoms with van der Waals surface area (Å²) in [6.07, 6.45) is 0. The monoisotopic (exact) mass is 264 g/mol. The SMILES string of the molecule is CC(=O)/C(Cl)=N\Nc1ccc(Cl)c(Cl)c1. The first-order valence-corrected chi connectivity index (χ1v) is 5.09. The third kappa shape index (κ3) is 3.70. The molecule has 0 saturated carbocycles. The second-order valence-electron chi connectivity index (χ2n) is 2.70. The topological polar surface area (TPSA) is 41.5 Å². The van der Waals surface area contributed by atoms with Crippen molar-refractivity contribution in [2.45, 2.75) is 6.92 Å². The van der Waals surface area contributed by atoms with Crippen LogP contribution in [0, 0.1) is 0 Å². The lowest BCUT2D eigenvalue weighted by atomic mass is 10.3. The highest BCUT2D eigenvalue weighted by molar-refractivity contribution is 6.82. The molecule has 0 atom stereocenters. The van der Waals surface area contributed by atoms with Crippen LogP contribution in [0.25, 0.3) is 0 Å². The Balaban J connectivity index is 2.78. The summed E-state index contributed by atoms with van der Waals surface area (Å²) in [5.41, 5.74) is 3.19. The predicted octanol–water partition coefficient (Wildman–Crippen LogP) is 3.55. The van der Waals surface area contributed by atoms with Crippen LogP contribution in [-0.2, 0) is 4.79 Å². The summed E-state index contributed by atoms with van der Waals surface area (Å²) in [6.45, 7) is 1.32. The van der Waals surface area contributed by atoms with E-state index in [1.165, 1.54) is 6.92 Å². The molecule has 1 rings (SSSR count). The van der Waals surface area contributed by atoms with Gasteiger partial charge in [-0.15, -0.1) is 0 Å². The van der Waals surface area contributed by atoms with E-state index in [4.69, 9.17) is 34.8 Å². The van der Waals surface area contributed by atoms with Crippen LogP contribution in [0.3, 0.4) is 0 Å². The lowest BCUT2D eigenvalue weighted by Crippen LogP contribution is -2.04. The zero-order valence-electron chi connectivity index (χ0n) is 7.72. The third-order valence-electron chi connectivity index (χ3n) is 1.49. The highest BCUT2D eigenvalue weighted by Crippen LogP contribution is 2.24. The number of anilines is 1. The maximum atomic E-state index is 10.7. The van der Waals surface area contributed by atoms with Crippen molar-refractivity contribution in [1.82, 2.24) is 0 Å². The number of carbonyl (C=O) groups excluding carboxylic acids is 1. The van der Waals surface area contributed by atoms with Crippen LogP contribution >= 0.6 is 34.8 Å². The summed E-state index contributed by atoms with van der Waals surface area (Å²) in [7, 11) is 0. The number of ketones is 1. The quantitative estimate of drug-likeness (QED) is 0.671. The highest BCUT2D eigenvalue weighted by atomic mass is 35.5. The normalized spacial score (nSPS) is 11.3. The van der Waals surface area contributed by atoms with E-state index in [1.54, 1.807) is 18.2 Å². The molecule has 15 heavy (non-hydrogen) atoms. The molecule has 0 fully saturated rings. The van der Waals surface area contributed by atoms with Gasteiger partial charge in [0, 0.05) is 6.92 Å². The van der Waals surface area contributed by atoms with Gasteiger partial charge in [-0.25, -0.2) is 0 Å². The van der Waals surface area contributed by atoms with Gasteiger partial charge in [0.05, 0.1) is 15.7 Å². The number of hydrogen-bond acceptors (Lipinski definition) is 3. The molecule has 0 radical (unpaired) electrons. The minimum atomic E-state index is -0.316. The van der Waals surface area contributed by atoms with Crippen molar-refractivity contribution in [3.05, 3.63) is 28.2 Å². The Kier molecular flexibility index (Phi) is 4.39. The van der Waals surface area contributed by atoms with Gasteiger partial charge in [-0.1, -0.05) is 34.8 Å². The summed E-state index contributed by atoms with van der Waals surface area (Å²) >= 11 is 17.0. The van der Waals surface area contributed by atoms with Crippen molar-refractivity contribution in [3.8, 4) is 0 Å². The molecular formula is C9H7Cl3N2O. The Hall–Kier alpha value is -0.770. The van der Waals surface area contributed by atoms with Gasteiger partial charge in [0.15, 0.2) is 11.0 Å². The number of carbonyl (C=O) groups is 1. The van der Waals surface area contributed by atoms with Crippen LogP contribution in [0.2, 0.25) is 10.0 Å². The first-order valence-electron chi connectivity index (χ1n) is 3.96. The maximum absolute atomic E-state index is 10.7. The van der Waals surface area contributed by atoms with Crippen molar-refractivity contribution in [3.63, 3.8) is 0 Å². The van der Waals surface area contributed by atoms with E-state index in [1.807, 2.05) is 0 Å². The molecule has 1 aromatic carbocycles. The molecule has 0 unspecified atom stereocenters. The maximum Gasteiger partial charge on any atom is 0.191 e. The predicted molar refractivity (Wildman–Crippen MR) is 64.1 cm³/mol. The van der Waals surface area contributed by atoms with Crippen molar-refractivity contribution >= 4 is 51.4 Å². The van der Waals surface area contributed by atoms with Crippen molar-refractivity contribution < 1.29 is 4.79 Å². The molecular weight excluding hydrogens is 258 g/mol. The fourth-order valence-electron chi connectivity index (χ4n) is 0.758. The molecule has 1 N–H and O–H groups in total. The van der Waals surface area contributed by atoms with E-state index < -0.39 is 0 Å². The molecule has 3 nitrogen and oxygen atoms in total. The number of nitrogens with one attached hydrogen (secondary N) is 1. The highest BCUT2D eigenvalue weighted by Gasteiger charge is 2.01. The molecule has 6 heteroatoms. The average Bonchev–Trinajstić information content (AvgIpc) is 2.19. The van der Waals surface area contributed by atoms with Crippen LogP contribution in [0.5, 0.6) is 0 Å². The Morgan fingerprint density at radius 1 is 1.33 bits per heavy atom. The number of Topliss-reactive ketones (excluding diaryl/α,β-unsaturated/α-hetero) is 1. The molecule has 0 spiro atoms. The summed E-state index contributed by atoms with van der Waals surface area (Å²) in [5.74, 6) is -0.316. The van der Waals surface area contributed by atoms with E-state index in [9.17, 15) is 4.79 Å². The average molecular weight is 266 g/mol. The minimum absolute atomic E-state index is 0.124. The summed E-state index contributed by atoms with van der Waals surface area (Å²) in [4.78, 5) is 10.7. The van der Waals surface area contributed by atoms with E-state index in [0.717, 1.165) is 0 Å². The second kappa shape index (κ2) is 5.35. The van der Waals surface area contributed by atoms with Crippen LogP contribution in [0.1, 0.15) is 6.92 Å². The van der Waals surface area contributed by atoms with Crippen molar-refractivity contribution in [1.29, 1.82) is 0 Å². The van der Waals surface area contributed by atoms with Crippen LogP contribution in [0.4, 0.5) is 5.69 Å². The van der Waals surface area contributed by atoms with Crippen LogP contribution in [-0.4, -0.2) is 11.0 Å². The summed E-state index contributed by atoms with van der Waals surface area (Å²) in [6, 6.07) is 4.86. The number of hydrazone groups is 1. The van der Waals surface area contributed by atoms with E-state index >= 15 is 0 Å². The molecule has 0 heterocycles. The standard InChI is InChI=1S/C9H7Cl3N2O/c1-5(15)9(12)14-13-6-2-3-7(10)8(11)4-6/h2-4,13H,1H3/b14-9+. The van der Waals surface area contributed by atoms with Gasteiger partial charge in [-0.05, 0) is 18.2 Å². The van der Waals surface area contributed by atoms with Gasteiger partial charge in [-0.2, -0.15) is 5.10 Å². The summed E-state index contributed by atoms with van der Waals surface area (Å²) < 4.78 is 0. The Morgan fingerprint density at radius 2 is 2.00 bits per heavy atom. The van der Waals surface area contributed by atoms with Gasteiger partial charge in [0.2, 0.25) is 0 Å². The first-order chi connectivity index (χ1) is 7.00. The lowest BCUT2D eigenvalue weighted by molar-refractivity contribution is -0.110. The molecule has 0 saturated heterocycles. The zero-order chi connectivity index (χ0) is 11.4. The third-order valence-corrected chi connectivity index (χ3v) is 2.58. The van der Waals surface area contributed by atoms with Gasteiger partial charge in [0.1, 0.15) is 0 Å². The fourth-order valence-corrected chi connectivity index (χ4v) is 1.10. The minimum Gasteiger partial charge on any atom is -0.292 e. The van der Waals surface area contributed by atoms with Gasteiger partial charge < -0.3 is 0 Å². The van der Waals surface area contributed by atoms with Crippen molar-refractivity contribution in [2.75, 3.05) is 5.43 Å². The van der Waals surface area contributed by atoms with Gasteiger partial charge in [0.25, 0.3) is 0 Å². The van der Waals surface area contributed by atoms with E-state index in [0.29, 0.717) is 15.7 Å². The van der Waals surface area contributed by atoms with Crippen LogP contribution < -0.4 is 5.43 Å². The Bertz CT molecular complexity index is 418. The first kappa shape index (κ1) is 12.3. The second-order valence-corrected chi connectivity index (χ2v) is 3.87. The summed E-state index contributed by atoms with van der Waals surface area (Å²) in [5, 5.41) is 4.37. The number of nitrogens with zero attached hydrogens (tertiary/aromatic N) is 1. The molecule has 80 valence electrons. The molecule has 1 aromatic rings. The van der Waals surface area contributed by atoms with E-state index in [-0.39, 0.29) is 11.0 Å². The molecule has 0 aliphatic carbocycles. The molecule has 0 amide bonds. The van der Waals surface area contributed by atoms with Gasteiger partial charge >= 0.3 is 0 Å². The van der Waals surface area contributed by atoms with Crippen LogP contribution in [0.15, 0.2) is 23.3 Å². The molecule has 0 bridgehead atoms. The van der Waals surface area contributed by atoms with Crippen molar-refractivity contribution in [2.24, 2.45) is 5.10 Å². The number of hydrogen-bond donors (Lipinski definition) is 1. The number of rotatable bonds is 3. The fraction of sp³-hybridized carbons (Fsp3) is 0.111. The number of halogens is 3. The Labute approximate surface area is 102 Å². The zero-order valence-corrected chi connectivity index (χ0v) is 9.99. The van der Waals surface area contributed by atoms with E-state index in [2.05, 4.69) is 10.5 Å².